The van der Waals surface area contributed by atoms with E-state index in [1.807, 2.05) is 47.4 Å². The van der Waals surface area contributed by atoms with Crippen LogP contribution in [0.2, 0.25) is 5.02 Å². The monoisotopic (exact) mass is 480 g/mol. The topological polar surface area (TPSA) is 85.3 Å². The normalized spacial score (nSPS) is 13.2. The number of aromatic nitrogens is 3. The number of benzene rings is 2. The quantitative estimate of drug-likeness (QED) is 0.314. The van der Waals surface area contributed by atoms with Crippen LogP contribution in [-0.2, 0) is 17.1 Å². The minimum Gasteiger partial charge on any atom is -0.444 e. The molecule has 1 aliphatic rings. The van der Waals surface area contributed by atoms with Gasteiger partial charge in [0.15, 0.2) is 0 Å². The summed E-state index contributed by atoms with van der Waals surface area (Å²) in [6, 6.07) is 17.2. The van der Waals surface area contributed by atoms with Gasteiger partial charge in [-0.15, -0.1) is 22.0 Å². The van der Waals surface area contributed by atoms with Gasteiger partial charge in [-0.2, -0.15) is 0 Å². The molecule has 0 unspecified atom stereocenters. The lowest BCUT2D eigenvalue weighted by molar-refractivity contribution is -0.129. The van der Waals surface area contributed by atoms with E-state index in [2.05, 4.69) is 15.2 Å². The van der Waals surface area contributed by atoms with Crippen LogP contribution in [0.5, 0.6) is 0 Å². The number of carbonyl (C=O) groups excluding carboxylic acids is 1. The average molecular weight is 481 g/mol. The molecule has 1 aliphatic carbocycles. The molecule has 2 aromatic heterocycles. The Kier molecular flexibility index (Phi) is 6.46. The number of hydrogen-bond acceptors (Lipinski definition) is 7. The molecule has 4 aromatic rings. The molecule has 0 spiro atoms. The Bertz CT molecular complexity index is 1220. The third-order valence-corrected chi connectivity index (χ3v) is 6.42. The highest BCUT2D eigenvalue weighted by atomic mass is 35.5. The minimum absolute atomic E-state index is 0.0560. The first-order valence-electron chi connectivity index (χ1n) is 10.6. The van der Waals surface area contributed by atoms with Crippen molar-refractivity contribution in [1.29, 1.82) is 0 Å². The van der Waals surface area contributed by atoms with Crippen molar-refractivity contribution in [2.24, 2.45) is 0 Å². The molecule has 1 fully saturated rings. The molecule has 9 heteroatoms. The van der Waals surface area contributed by atoms with E-state index in [4.69, 9.17) is 20.4 Å². The van der Waals surface area contributed by atoms with Crippen molar-refractivity contribution < 1.29 is 13.6 Å². The van der Waals surface area contributed by atoms with Crippen LogP contribution < -0.4 is 0 Å². The SMILES string of the molecule is O=C(CSCc1coc(-c2ccccc2)n1)N(Cc1nnc(-c2ccc(Cl)cc2)o1)C1CC1. The summed E-state index contributed by atoms with van der Waals surface area (Å²) in [7, 11) is 0. The molecule has 0 radical (unpaired) electrons. The van der Waals surface area contributed by atoms with E-state index in [0.29, 0.717) is 40.7 Å². The third kappa shape index (κ3) is 5.46. The molecule has 0 N–H and O–H groups in total. The Morgan fingerprint density at radius 2 is 1.79 bits per heavy atom. The summed E-state index contributed by atoms with van der Waals surface area (Å²) in [6.45, 7) is 0.312. The Morgan fingerprint density at radius 1 is 1.03 bits per heavy atom. The molecule has 33 heavy (non-hydrogen) atoms. The van der Waals surface area contributed by atoms with Gasteiger partial charge in [0.2, 0.25) is 23.6 Å². The number of amides is 1. The van der Waals surface area contributed by atoms with Crippen LogP contribution in [0, 0.1) is 0 Å². The zero-order valence-electron chi connectivity index (χ0n) is 17.7. The standard InChI is InChI=1S/C24H21ClN4O3S/c25-18-8-6-17(7-9-18)24-28-27-21(32-24)12-29(20-10-11-20)22(30)15-33-14-19-13-31-23(26-19)16-4-2-1-3-5-16/h1-9,13,20H,10-12,14-15H2. The van der Waals surface area contributed by atoms with Crippen molar-refractivity contribution in [1.82, 2.24) is 20.1 Å². The van der Waals surface area contributed by atoms with Gasteiger partial charge in [0.25, 0.3) is 0 Å². The number of carbonyl (C=O) groups is 1. The second-order valence-corrected chi connectivity index (χ2v) is 9.19. The molecular weight excluding hydrogens is 460 g/mol. The molecule has 1 amide bonds. The summed E-state index contributed by atoms with van der Waals surface area (Å²) in [5.41, 5.74) is 2.54. The molecule has 0 saturated heterocycles. The van der Waals surface area contributed by atoms with Gasteiger partial charge in [0.05, 0.1) is 18.0 Å². The fourth-order valence-corrected chi connectivity index (χ4v) is 4.30. The fraction of sp³-hybridized carbons (Fsp3) is 0.250. The van der Waals surface area contributed by atoms with Crippen LogP contribution in [0.1, 0.15) is 24.4 Å². The average Bonchev–Trinajstić information content (AvgIpc) is 3.37. The highest BCUT2D eigenvalue weighted by Crippen LogP contribution is 2.30. The molecule has 2 aromatic carbocycles. The lowest BCUT2D eigenvalue weighted by Crippen LogP contribution is -2.34. The van der Waals surface area contributed by atoms with Gasteiger partial charge in [-0.05, 0) is 49.2 Å². The van der Waals surface area contributed by atoms with Crippen LogP contribution in [0.15, 0.2) is 69.7 Å². The van der Waals surface area contributed by atoms with Gasteiger partial charge in [-0.3, -0.25) is 4.79 Å². The number of hydrogen-bond donors (Lipinski definition) is 0. The number of nitrogens with zero attached hydrogens (tertiary/aromatic N) is 4. The first kappa shape index (κ1) is 21.7. The lowest BCUT2D eigenvalue weighted by atomic mass is 10.2. The first-order valence-corrected chi connectivity index (χ1v) is 12.1. The van der Waals surface area contributed by atoms with E-state index < -0.39 is 0 Å². The molecular formula is C24H21ClN4O3S. The van der Waals surface area contributed by atoms with E-state index in [1.54, 1.807) is 18.4 Å². The van der Waals surface area contributed by atoms with Crippen LogP contribution in [0.3, 0.4) is 0 Å². The summed E-state index contributed by atoms with van der Waals surface area (Å²) >= 11 is 7.46. The van der Waals surface area contributed by atoms with Gasteiger partial charge in [-0.1, -0.05) is 29.8 Å². The van der Waals surface area contributed by atoms with E-state index in [1.165, 1.54) is 11.8 Å². The maximum atomic E-state index is 12.9. The highest BCUT2D eigenvalue weighted by molar-refractivity contribution is 7.99. The minimum atomic E-state index is 0.0560. The summed E-state index contributed by atoms with van der Waals surface area (Å²) in [5.74, 6) is 2.43. The largest absolute Gasteiger partial charge is 0.444 e. The van der Waals surface area contributed by atoms with Crippen LogP contribution in [-0.4, -0.2) is 37.8 Å². The van der Waals surface area contributed by atoms with Gasteiger partial charge in [-0.25, -0.2) is 4.98 Å². The number of oxazole rings is 1. The summed E-state index contributed by atoms with van der Waals surface area (Å²) < 4.78 is 11.4. The zero-order valence-corrected chi connectivity index (χ0v) is 19.3. The fourth-order valence-electron chi connectivity index (χ4n) is 3.39. The Hall–Kier alpha value is -3.10. The van der Waals surface area contributed by atoms with E-state index >= 15 is 0 Å². The van der Waals surface area contributed by atoms with Gasteiger partial charge < -0.3 is 13.7 Å². The molecule has 0 aliphatic heterocycles. The van der Waals surface area contributed by atoms with E-state index in [-0.39, 0.29) is 11.9 Å². The molecule has 2 heterocycles. The zero-order chi connectivity index (χ0) is 22.6. The number of halogens is 1. The third-order valence-electron chi connectivity index (χ3n) is 5.22. The van der Waals surface area contributed by atoms with E-state index in [0.717, 1.165) is 29.7 Å². The maximum Gasteiger partial charge on any atom is 0.247 e. The molecule has 5 rings (SSSR count). The Balaban J connectivity index is 1.16. The molecule has 7 nitrogen and oxygen atoms in total. The number of rotatable bonds is 9. The molecule has 0 bridgehead atoms. The number of thioether (sulfide) groups is 1. The predicted octanol–water partition coefficient (Wildman–Crippen LogP) is 5.47. The smallest absolute Gasteiger partial charge is 0.247 e. The van der Waals surface area contributed by atoms with Crippen molar-refractivity contribution in [3.8, 4) is 22.9 Å². The first-order chi connectivity index (χ1) is 16.2. The molecule has 0 atom stereocenters. The summed E-state index contributed by atoms with van der Waals surface area (Å²) in [4.78, 5) is 19.3. The van der Waals surface area contributed by atoms with Crippen molar-refractivity contribution in [2.45, 2.75) is 31.2 Å². The Morgan fingerprint density at radius 3 is 2.55 bits per heavy atom. The highest BCUT2D eigenvalue weighted by Gasteiger charge is 2.33. The second kappa shape index (κ2) is 9.80. The lowest BCUT2D eigenvalue weighted by Gasteiger charge is -2.20. The van der Waals surface area contributed by atoms with Gasteiger partial charge in [0, 0.05) is 27.9 Å². The summed E-state index contributed by atoms with van der Waals surface area (Å²) in [6.07, 6.45) is 3.64. The Labute approximate surface area is 200 Å². The maximum absolute atomic E-state index is 12.9. The van der Waals surface area contributed by atoms with Crippen LogP contribution >= 0.6 is 23.4 Å². The van der Waals surface area contributed by atoms with Crippen LogP contribution in [0.25, 0.3) is 22.9 Å². The van der Waals surface area contributed by atoms with Crippen molar-refractivity contribution >= 4 is 29.3 Å². The van der Waals surface area contributed by atoms with Gasteiger partial charge >= 0.3 is 0 Å². The van der Waals surface area contributed by atoms with Crippen molar-refractivity contribution in [3.05, 3.63) is 77.5 Å². The molecule has 1 saturated carbocycles. The van der Waals surface area contributed by atoms with Crippen molar-refractivity contribution in [3.63, 3.8) is 0 Å². The summed E-state index contributed by atoms with van der Waals surface area (Å²) in [5, 5.41) is 8.89. The van der Waals surface area contributed by atoms with E-state index in [9.17, 15) is 4.79 Å². The second-order valence-electron chi connectivity index (χ2n) is 7.76. The van der Waals surface area contributed by atoms with Crippen molar-refractivity contribution in [2.75, 3.05) is 5.75 Å². The molecule has 168 valence electrons. The predicted molar refractivity (Wildman–Crippen MR) is 126 cm³/mol. The van der Waals surface area contributed by atoms with Crippen LogP contribution in [0.4, 0.5) is 0 Å². The van der Waals surface area contributed by atoms with Gasteiger partial charge in [0.1, 0.15) is 6.26 Å².